The van der Waals surface area contributed by atoms with E-state index in [1.807, 2.05) is 24.3 Å². The van der Waals surface area contributed by atoms with Gasteiger partial charge in [-0.1, -0.05) is 24.3 Å². The summed E-state index contributed by atoms with van der Waals surface area (Å²) in [5, 5.41) is 3.51. The van der Waals surface area contributed by atoms with Crippen molar-refractivity contribution in [2.24, 2.45) is 5.92 Å². The average Bonchev–Trinajstić information content (AvgIpc) is 2.61. The zero-order valence-corrected chi connectivity index (χ0v) is 13.7. The molecule has 1 unspecified atom stereocenters. The van der Waals surface area contributed by atoms with Crippen molar-refractivity contribution < 1.29 is 14.2 Å². The first-order valence-corrected chi connectivity index (χ1v) is 7.92. The number of para-hydroxylation sites is 1. The van der Waals surface area contributed by atoms with Crippen LogP contribution < -0.4 is 19.5 Å². The van der Waals surface area contributed by atoms with Crippen LogP contribution in [0.4, 0.5) is 0 Å². The maximum Gasteiger partial charge on any atom is 0.161 e. The summed E-state index contributed by atoms with van der Waals surface area (Å²) in [4.78, 5) is 0. The Labute approximate surface area is 137 Å². The van der Waals surface area contributed by atoms with Crippen LogP contribution in [0.25, 0.3) is 0 Å². The first-order chi connectivity index (χ1) is 11.3. The predicted molar refractivity (Wildman–Crippen MR) is 90.4 cm³/mol. The Kier molecular flexibility index (Phi) is 5.03. The lowest BCUT2D eigenvalue weighted by molar-refractivity contribution is 0.218. The molecule has 23 heavy (non-hydrogen) atoms. The van der Waals surface area contributed by atoms with E-state index < -0.39 is 0 Å². The molecule has 0 spiro atoms. The highest BCUT2D eigenvalue weighted by Gasteiger charge is 2.18. The highest BCUT2D eigenvalue weighted by Crippen LogP contribution is 2.28. The van der Waals surface area contributed by atoms with E-state index in [1.54, 1.807) is 14.2 Å². The fourth-order valence-corrected chi connectivity index (χ4v) is 2.93. The maximum atomic E-state index is 5.83. The van der Waals surface area contributed by atoms with Gasteiger partial charge in [-0.05, 0) is 35.7 Å². The van der Waals surface area contributed by atoms with Gasteiger partial charge in [0.1, 0.15) is 5.75 Å². The molecule has 0 amide bonds. The summed E-state index contributed by atoms with van der Waals surface area (Å²) in [7, 11) is 3.31. The topological polar surface area (TPSA) is 39.7 Å². The first kappa shape index (κ1) is 15.7. The summed E-state index contributed by atoms with van der Waals surface area (Å²) in [6, 6.07) is 14.3. The molecular formula is C19H23NO3. The highest BCUT2D eigenvalue weighted by molar-refractivity contribution is 5.42. The van der Waals surface area contributed by atoms with Crippen LogP contribution in [-0.4, -0.2) is 27.4 Å². The molecule has 3 rings (SSSR count). The monoisotopic (exact) mass is 313 g/mol. The third kappa shape index (κ3) is 3.77. The van der Waals surface area contributed by atoms with E-state index in [9.17, 15) is 0 Å². The van der Waals surface area contributed by atoms with Gasteiger partial charge in [0, 0.05) is 19.0 Å². The molecule has 0 saturated heterocycles. The highest BCUT2D eigenvalue weighted by atomic mass is 16.5. The van der Waals surface area contributed by atoms with Crippen molar-refractivity contribution in [1.29, 1.82) is 0 Å². The van der Waals surface area contributed by atoms with Crippen LogP contribution in [0.15, 0.2) is 42.5 Å². The maximum absolute atomic E-state index is 5.83. The molecule has 0 radical (unpaired) electrons. The van der Waals surface area contributed by atoms with Crippen LogP contribution in [0.3, 0.4) is 0 Å². The standard InChI is InChI=1S/C19H23NO3/c1-21-18-8-7-14(10-19(18)22-2)11-20-12-15-9-16-5-3-4-6-17(16)23-13-15/h3-8,10,15,20H,9,11-13H2,1-2H3. The molecule has 0 fully saturated rings. The van der Waals surface area contributed by atoms with Gasteiger partial charge in [0.15, 0.2) is 11.5 Å². The minimum atomic E-state index is 0.505. The number of hydrogen-bond acceptors (Lipinski definition) is 4. The lowest BCUT2D eigenvalue weighted by Gasteiger charge is -2.25. The number of fused-ring (bicyclic) bond motifs is 1. The second-order valence-electron chi connectivity index (χ2n) is 5.81. The molecule has 0 bridgehead atoms. The Morgan fingerprint density at radius 3 is 2.74 bits per heavy atom. The predicted octanol–water partition coefficient (Wildman–Crippen LogP) is 3.04. The van der Waals surface area contributed by atoms with Gasteiger partial charge in [-0.15, -0.1) is 0 Å². The molecule has 4 nitrogen and oxygen atoms in total. The summed E-state index contributed by atoms with van der Waals surface area (Å²) in [5.41, 5.74) is 2.48. The number of nitrogens with one attached hydrogen (secondary N) is 1. The van der Waals surface area contributed by atoms with E-state index in [0.29, 0.717) is 5.92 Å². The lowest BCUT2D eigenvalue weighted by Crippen LogP contribution is -2.31. The van der Waals surface area contributed by atoms with Crippen LogP contribution in [0.2, 0.25) is 0 Å². The van der Waals surface area contributed by atoms with Crippen molar-refractivity contribution in [3.63, 3.8) is 0 Å². The van der Waals surface area contributed by atoms with E-state index in [2.05, 4.69) is 23.5 Å². The van der Waals surface area contributed by atoms with Gasteiger partial charge in [0.25, 0.3) is 0 Å². The number of methoxy groups -OCH3 is 2. The Morgan fingerprint density at radius 1 is 1.09 bits per heavy atom. The number of ether oxygens (including phenoxy) is 3. The van der Waals surface area contributed by atoms with Crippen LogP contribution in [0, 0.1) is 5.92 Å². The average molecular weight is 313 g/mol. The summed E-state index contributed by atoms with van der Waals surface area (Å²) in [6.07, 6.45) is 1.06. The van der Waals surface area contributed by atoms with Crippen LogP contribution in [0.5, 0.6) is 17.2 Å². The Balaban J connectivity index is 1.52. The molecule has 1 heterocycles. The first-order valence-electron chi connectivity index (χ1n) is 7.92. The normalized spacial score (nSPS) is 16.3. The minimum absolute atomic E-state index is 0.505. The second kappa shape index (κ2) is 7.38. The van der Waals surface area contributed by atoms with Crippen molar-refractivity contribution in [2.45, 2.75) is 13.0 Å². The van der Waals surface area contributed by atoms with Crippen molar-refractivity contribution in [2.75, 3.05) is 27.4 Å². The molecule has 0 aliphatic carbocycles. The van der Waals surface area contributed by atoms with Crippen molar-refractivity contribution in [1.82, 2.24) is 5.32 Å². The van der Waals surface area contributed by atoms with E-state index in [-0.39, 0.29) is 0 Å². The second-order valence-corrected chi connectivity index (χ2v) is 5.81. The third-order valence-electron chi connectivity index (χ3n) is 4.17. The fourth-order valence-electron chi connectivity index (χ4n) is 2.93. The molecule has 1 atom stereocenters. The van der Waals surface area contributed by atoms with Crippen molar-refractivity contribution >= 4 is 0 Å². The molecule has 0 saturated carbocycles. The van der Waals surface area contributed by atoms with E-state index in [4.69, 9.17) is 14.2 Å². The largest absolute Gasteiger partial charge is 0.493 e. The third-order valence-corrected chi connectivity index (χ3v) is 4.17. The zero-order chi connectivity index (χ0) is 16.1. The molecule has 0 aromatic heterocycles. The van der Waals surface area contributed by atoms with Gasteiger partial charge in [0.2, 0.25) is 0 Å². The summed E-state index contributed by atoms with van der Waals surface area (Å²) < 4.78 is 16.4. The van der Waals surface area contributed by atoms with E-state index >= 15 is 0 Å². The summed E-state index contributed by atoms with van der Waals surface area (Å²) in [5.74, 6) is 3.06. The number of benzene rings is 2. The van der Waals surface area contributed by atoms with Gasteiger partial charge in [-0.3, -0.25) is 0 Å². The van der Waals surface area contributed by atoms with E-state index in [1.165, 1.54) is 11.1 Å². The fraction of sp³-hybridized carbons (Fsp3) is 0.368. The van der Waals surface area contributed by atoms with Gasteiger partial charge in [-0.2, -0.15) is 0 Å². The number of rotatable bonds is 6. The molecule has 4 heteroatoms. The Bertz CT molecular complexity index is 657. The Morgan fingerprint density at radius 2 is 1.91 bits per heavy atom. The molecule has 1 aliphatic heterocycles. The Hall–Kier alpha value is -2.20. The van der Waals surface area contributed by atoms with Gasteiger partial charge >= 0.3 is 0 Å². The lowest BCUT2D eigenvalue weighted by atomic mass is 9.97. The van der Waals surface area contributed by atoms with Crippen LogP contribution in [-0.2, 0) is 13.0 Å². The molecule has 2 aromatic rings. The summed E-state index contributed by atoms with van der Waals surface area (Å²) in [6.45, 7) is 2.51. The van der Waals surface area contributed by atoms with Crippen LogP contribution in [0.1, 0.15) is 11.1 Å². The van der Waals surface area contributed by atoms with Gasteiger partial charge < -0.3 is 19.5 Å². The van der Waals surface area contributed by atoms with E-state index in [0.717, 1.165) is 43.4 Å². The zero-order valence-electron chi connectivity index (χ0n) is 13.7. The number of hydrogen-bond donors (Lipinski definition) is 1. The van der Waals surface area contributed by atoms with Crippen molar-refractivity contribution in [3.05, 3.63) is 53.6 Å². The molecule has 1 N–H and O–H groups in total. The van der Waals surface area contributed by atoms with Crippen LogP contribution >= 0.6 is 0 Å². The van der Waals surface area contributed by atoms with Crippen molar-refractivity contribution in [3.8, 4) is 17.2 Å². The van der Waals surface area contributed by atoms with Gasteiger partial charge in [0.05, 0.1) is 20.8 Å². The quantitative estimate of drug-likeness (QED) is 0.890. The summed E-state index contributed by atoms with van der Waals surface area (Å²) >= 11 is 0. The molecule has 2 aromatic carbocycles. The SMILES string of the molecule is COc1ccc(CNCC2COc3ccccc3C2)cc1OC. The van der Waals surface area contributed by atoms with Gasteiger partial charge in [-0.25, -0.2) is 0 Å². The molecule has 122 valence electrons. The molecular weight excluding hydrogens is 290 g/mol. The minimum Gasteiger partial charge on any atom is -0.493 e. The smallest absolute Gasteiger partial charge is 0.161 e. The molecule has 1 aliphatic rings.